The van der Waals surface area contributed by atoms with Gasteiger partial charge in [0, 0.05) is 17.5 Å². The molecule has 0 fully saturated rings. The molecular weight excluding hydrogens is 200 g/mol. The van der Waals surface area contributed by atoms with Crippen LogP contribution in [0, 0.1) is 0 Å². The standard InChI is InChI=1S/C13H16N2O/c1-4-11-9(2)12(15-13(11)16-3)8-10-6-5-7-14-10/h5-8,14H,4H2,1-3H3/b12-8-. The van der Waals surface area contributed by atoms with E-state index in [0.29, 0.717) is 0 Å². The summed E-state index contributed by atoms with van der Waals surface area (Å²) in [7, 11) is 1.67. The van der Waals surface area contributed by atoms with Gasteiger partial charge in [-0.2, -0.15) is 0 Å². The minimum absolute atomic E-state index is 0.748. The third-order valence-electron chi connectivity index (χ3n) is 2.78. The average molecular weight is 216 g/mol. The van der Waals surface area contributed by atoms with Crippen LogP contribution in [0.1, 0.15) is 26.0 Å². The molecule has 0 bridgehead atoms. The number of hydrogen-bond acceptors (Lipinski definition) is 2. The highest BCUT2D eigenvalue weighted by molar-refractivity contribution is 5.99. The number of nitrogens with one attached hydrogen (secondary N) is 1. The second-order valence-corrected chi connectivity index (χ2v) is 3.73. The van der Waals surface area contributed by atoms with E-state index in [1.165, 1.54) is 11.1 Å². The Morgan fingerprint density at radius 3 is 2.81 bits per heavy atom. The normalized spacial score (nSPS) is 18.2. The molecule has 0 spiro atoms. The molecule has 0 radical (unpaired) electrons. The van der Waals surface area contributed by atoms with Crippen molar-refractivity contribution in [2.75, 3.05) is 7.11 Å². The van der Waals surface area contributed by atoms with E-state index in [1.807, 2.05) is 24.4 Å². The molecule has 3 nitrogen and oxygen atoms in total. The van der Waals surface area contributed by atoms with Gasteiger partial charge in [0.1, 0.15) is 0 Å². The zero-order valence-corrected chi connectivity index (χ0v) is 9.87. The Morgan fingerprint density at radius 2 is 2.31 bits per heavy atom. The van der Waals surface area contributed by atoms with Gasteiger partial charge in [-0.25, -0.2) is 4.99 Å². The number of H-pyrrole nitrogens is 1. The number of aromatic amines is 1. The van der Waals surface area contributed by atoms with Crippen molar-refractivity contribution in [3.05, 3.63) is 40.9 Å². The Kier molecular flexibility index (Phi) is 2.95. The summed E-state index contributed by atoms with van der Waals surface area (Å²) in [6, 6.07) is 3.99. The van der Waals surface area contributed by atoms with Gasteiger partial charge in [0.05, 0.1) is 12.8 Å². The molecule has 1 aromatic rings. The molecule has 84 valence electrons. The Bertz CT molecular complexity index is 464. The largest absolute Gasteiger partial charge is 0.481 e. The van der Waals surface area contributed by atoms with Gasteiger partial charge >= 0.3 is 0 Å². The Hall–Kier alpha value is -1.77. The van der Waals surface area contributed by atoms with Crippen LogP contribution in [-0.4, -0.2) is 18.0 Å². The van der Waals surface area contributed by atoms with E-state index in [-0.39, 0.29) is 0 Å². The first-order valence-corrected chi connectivity index (χ1v) is 5.44. The number of ether oxygens (including phenoxy) is 1. The summed E-state index contributed by atoms with van der Waals surface area (Å²) in [4.78, 5) is 7.62. The number of hydrogen-bond donors (Lipinski definition) is 1. The van der Waals surface area contributed by atoms with Gasteiger partial charge in [0.25, 0.3) is 0 Å². The van der Waals surface area contributed by atoms with Gasteiger partial charge in [-0.05, 0) is 37.1 Å². The summed E-state index contributed by atoms with van der Waals surface area (Å²) in [5, 5.41) is 0. The molecule has 0 unspecified atom stereocenters. The number of aliphatic imine (C=N–C) groups is 1. The van der Waals surface area contributed by atoms with E-state index < -0.39 is 0 Å². The fourth-order valence-electron chi connectivity index (χ4n) is 1.88. The smallest absolute Gasteiger partial charge is 0.217 e. The number of allylic oxidation sites excluding steroid dienone is 1. The Labute approximate surface area is 95.5 Å². The van der Waals surface area contributed by atoms with Crippen molar-refractivity contribution in [2.45, 2.75) is 20.3 Å². The predicted molar refractivity (Wildman–Crippen MR) is 66.2 cm³/mol. The highest BCUT2D eigenvalue weighted by Gasteiger charge is 2.19. The minimum atomic E-state index is 0.748. The lowest BCUT2D eigenvalue weighted by Gasteiger charge is -2.01. The molecule has 0 atom stereocenters. The lowest BCUT2D eigenvalue weighted by Crippen LogP contribution is -2.01. The van der Waals surface area contributed by atoms with Crippen LogP contribution in [0.25, 0.3) is 6.08 Å². The first-order valence-electron chi connectivity index (χ1n) is 5.44. The van der Waals surface area contributed by atoms with E-state index in [0.717, 1.165) is 23.7 Å². The average Bonchev–Trinajstić information content (AvgIpc) is 2.88. The number of rotatable bonds is 2. The second-order valence-electron chi connectivity index (χ2n) is 3.73. The topological polar surface area (TPSA) is 37.4 Å². The molecule has 1 N–H and O–H groups in total. The number of methoxy groups -OCH3 is 1. The first-order chi connectivity index (χ1) is 7.76. The maximum Gasteiger partial charge on any atom is 0.217 e. The van der Waals surface area contributed by atoms with Crippen LogP contribution in [-0.2, 0) is 4.74 Å². The summed E-state index contributed by atoms with van der Waals surface area (Å²) < 4.78 is 5.28. The highest BCUT2D eigenvalue weighted by atomic mass is 16.5. The van der Waals surface area contributed by atoms with Crippen LogP contribution in [0.3, 0.4) is 0 Å². The van der Waals surface area contributed by atoms with Crippen molar-refractivity contribution in [3.8, 4) is 0 Å². The zero-order valence-electron chi connectivity index (χ0n) is 9.87. The van der Waals surface area contributed by atoms with Crippen LogP contribution in [0.15, 0.2) is 40.2 Å². The summed E-state index contributed by atoms with van der Waals surface area (Å²) >= 11 is 0. The molecule has 1 aliphatic rings. The monoisotopic (exact) mass is 216 g/mol. The maximum atomic E-state index is 5.28. The zero-order chi connectivity index (χ0) is 11.5. The van der Waals surface area contributed by atoms with Crippen LogP contribution in [0.2, 0.25) is 0 Å². The van der Waals surface area contributed by atoms with Crippen molar-refractivity contribution in [3.63, 3.8) is 0 Å². The van der Waals surface area contributed by atoms with E-state index in [1.54, 1.807) is 7.11 Å². The molecule has 3 heteroatoms. The van der Waals surface area contributed by atoms with Crippen LogP contribution >= 0.6 is 0 Å². The van der Waals surface area contributed by atoms with Gasteiger partial charge in [-0.1, -0.05) is 6.92 Å². The van der Waals surface area contributed by atoms with E-state index in [9.17, 15) is 0 Å². The minimum Gasteiger partial charge on any atom is -0.481 e. The van der Waals surface area contributed by atoms with Crippen molar-refractivity contribution in [1.82, 2.24) is 4.98 Å². The van der Waals surface area contributed by atoms with E-state index in [2.05, 4.69) is 23.8 Å². The molecule has 2 rings (SSSR count). The van der Waals surface area contributed by atoms with Crippen LogP contribution in [0.5, 0.6) is 0 Å². The number of nitrogens with zero attached hydrogens (tertiary/aromatic N) is 1. The van der Waals surface area contributed by atoms with Gasteiger partial charge in [0.15, 0.2) is 0 Å². The van der Waals surface area contributed by atoms with Crippen molar-refractivity contribution >= 4 is 12.0 Å². The van der Waals surface area contributed by atoms with Crippen molar-refractivity contribution in [2.24, 2.45) is 4.99 Å². The Morgan fingerprint density at radius 1 is 1.50 bits per heavy atom. The first kappa shape index (κ1) is 10.7. The molecule has 2 heterocycles. The van der Waals surface area contributed by atoms with Gasteiger partial charge in [0.2, 0.25) is 5.90 Å². The van der Waals surface area contributed by atoms with Gasteiger partial charge in [-0.15, -0.1) is 0 Å². The van der Waals surface area contributed by atoms with Crippen molar-refractivity contribution in [1.29, 1.82) is 0 Å². The molecule has 0 amide bonds. The summed E-state index contributed by atoms with van der Waals surface area (Å²) in [5.41, 5.74) is 4.44. The van der Waals surface area contributed by atoms with Gasteiger partial charge in [-0.3, -0.25) is 0 Å². The summed E-state index contributed by atoms with van der Waals surface area (Å²) in [6.45, 7) is 4.20. The number of aromatic nitrogens is 1. The van der Waals surface area contributed by atoms with Crippen LogP contribution in [0.4, 0.5) is 0 Å². The molecule has 0 aromatic carbocycles. The molecule has 0 saturated heterocycles. The summed E-state index contributed by atoms with van der Waals surface area (Å²) in [6.07, 6.45) is 4.89. The fraction of sp³-hybridized carbons (Fsp3) is 0.308. The second kappa shape index (κ2) is 4.39. The Balaban J connectivity index is 2.39. The highest BCUT2D eigenvalue weighted by Crippen LogP contribution is 2.28. The molecule has 0 aliphatic carbocycles. The van der Waals surface area contributed by atoms with Crippen LogP contribution < -0.4 is 0 Å². The molecular formula is C13H16N2O. The predicted octanol–water partition coefficient (Wildman–Crippen LogP) is 3.14. The fourth-order valence-corrected chi connectivity index (χ4v) is 1.88. The van der Waals surface area contributed by atoms with Crippen molar-refractivity contribution < 1.29 is 4.74 Å². The summed E-state index contributed by atoms with van der Waals surface area (Å²) in [5.74, 6) is 0.748. The van der Waals surface area contributed by atoms with E-state index >= 15 is 0 Å². The molecule has 1 aliphatic heterocycles. The third kappa shape index (κ3) is 1.81. The molecule has 16 heavy (non-hydrogen) atoms. The quantitative estimate of drug-likeness (QED) is 0.810. The van der Waals surface area contributed by atoms with Gasteiger partial charge < -0.3 is 9.72 Å². The maximum absolute atomic E-state index is 5.28. The third-order valence-corrected chi connectivity index (χ3v) is 2.78. The lowest BCUT2D eigenvalue weighted by molar-refractivity contribution is 0.403. The lowest BCUT2D eigenvalue weighted by atomic mass is 10.1. The van der Waals surface area contributed by atoms with E-state index in [4.69, 9.17) is 4.74 Å². The SMILES string of the molecule is CCC1=C(C)/C(=C/c2ccc[nH]2)N=C1OC. The molecule has 1 aromatic heterocycles. The molecule has 0 saturated carbocycles.